The predicted molar refractivity (Wildman–Crippen MR) is 77.8 cm³/mol. The van der Waals surface area contributed by atoms with Crippen molar-refractivity contribution in [3.05, 3.63) is 30.1 Å². The summed E-state index contributed by atoms with van der Waals surface area (Å²) in [7, 11) is 0. The summed E-state index contributed by atoms with van der Waals surface area (Å²) in [6, 6.07) is 7.38. The third kappa shape index (κ3) is 3.25. The van der Waals surface area contributed by atoms with Crippen LogP contribution in [0.15, 0.2) is 24.3 Å². The van der Waals surface area contributed by atoms with Gasteiger partial charge in [0.05, 0.1) is 5.69 Å². The lowest BCUT2D eigenvalue weighted by molar-refractivity contribution is -0.116. The maximum absolute atomic E-state index is 12.0. The molecule has 1 saturated carbocycles. The average Bonchev–Trinajstić information content (AvgIpc) is 3.21. The molecule has 21 heavy (non-hydrogen) atoms. The number of hydrogen-bond acceptors (Lipinski definition) is 5. The van der Waals surface area contributed by atoms with Crippen molar-refractivity contribution in [2.24, 2.45) is 11.7 Å². The lowest BCUT2D eigenvalue weighted by Crippen LogP contribution is -2.28. The lowest BCUT2D eigenvalue weighted by atomic mass is 10.1. The number of tetrazole rings is 1. The van der Waals surface area contributed by atoms with E-state index in [1.54, 1.807) is 4.68 Å². The summed E-state index contributed by atoms with van der Waals surface area (Å²) in [4.78, 5) is 12.0. The molecule has 1 fully saturated rings. The van der Waals surface area contributed by atoms with Crippen molar-refractivity contribution in [2.45, 2.75) is 32.2 Å². The van der Waals surface area contributed by atoms with E-state index in [0.717, 1.165) is 24.2 Å². The van der Waals surface area contributed by atoms with Crippen molar-refractivity contribution in [1.29, 1.82) is 0 Å². The number of carbonyl (C=O) groups excluding carboxylic acids is 1. The smallest absolute Gasteiger partial charge is 0.225 e. The van der Waals surface area contributed by atoms with Crippen LogP contribution in [-0.4, -0.2) is 32.2 Å². The van der Waals surface area contributed by atoms with E-state index in [9.17, 15) is 4.79 Å². The van der Waals surface area contributed by atoms with Crippen LogP contribution in [0.2, 0.25) is 0 Å². The minimum absolute atomic E-state index is 0.0325. The van der Waals surface area contributed by atoms with Crippen LogP contribution in [0.1, 0.15) is 25.1 Å². The second-order valence-corrected chi connectivity index (χ2v) is 5.44. The summed E-state index contributed by atoms with van der Waals surface area (Å²) in [5, 5.41) is 14.2. The number of anilines is 1. The summed E-state index contributed by atoms with van der Waals surface area (Å²) < 4.78 is 1.62. The Labute approximate surface area is 122 Å². The standard InChI is InChI=1S/C14H18N6O/c1-9-17-18-19-20(9)12-4-2-3-11(7-12)16-14(21)8-13(15)10-5-6-10/h2-4,7,10,13H,5-6,8,15H2,1H3,(H,16,21). The predicted octanol–water partition coefficient (Wildman–Crippen LogP) is 1.04. The molecule has 1 amide bonds. The van der Waals surface area contributed by atoms with E-state index in [2.05, 4.69) is 20.8 Å². The van der Waals surface area contributed by atoms with E-state index in [1.807, 2.05) is 31.2 Å². The third-order valence-electron chi connectivity index (χ3n) is 3.65. The van der Waals surface area contributed by atoms with E-state index in [1.165, 1.54) is 0 Å². The maximum Gasteiger partial charge on any atom is 0.225 e. The number of amides is 1. The van der Waals surface area contributed by atoms with Gasteiger partial charge >= 0.3 is 0 Å². The number of nitrogens with two attached hydrogens (primary N) is 1. The van der Waals surface area contributed by atoms with Gasteiger partial charge in [0.1, 0.15) is 0 Å². The fourth-order valence-corrected chi connectivity index (χ4v) is 2.30. The van der Waals surface area contributed by atoms with Gasteiger partial charge < -0.3 is 11.1 Å². The highest BCUT2D eigenvalue weighted by molar-refractivity contribution is 5.91. The number of nitrogens with one attached hydrogen (secondary N) is 1. The topological polar surface area (TPSA) is 98.7 Å². The third-order valence-corrected chi connectivity index (χ3v) is 3.65. The van der Waals surface area contributed by atoms with Gasteiger partial charge in [-0.3, -0.25) is 4.79 Å². The first-order chi connectivity index (χ1) is 10.1. The van der Waals surface area contributed by atoms with Crippen LogP contribution in [0.5, 0.6) is 0 Å². The Morgan fingerprint density at radius 1 is 1.52 bits per heavy atom. The normalized spacial score (nSPS) is 15.7. The van der Waals surface area contributed by atoms with Crippen molar-refractivity contribution in [3.63, 3.8) is 0 Å². The van der Waals surface area contributed by atoms with E-state index >= 15 is 0 Å². The molecule has 0 aliphatic heterocycles. The van der Waals surface area contributed by atoms with Gasteiger partial charge in [-0.05, 0) is 54.3 Å². The molecule has 2 aromatic rings. The van der Waals surface area contributed by atoms with Crippen LogP contribution in [0.4, 0.5) is 5.69 Å². The second kappa shape index (κ2) is 5.61. The molecule has 1 heterocycles. The molecule has 1 aromatic heterocycles. The molecular formula is C14H18N6O. The number of nitrogens with zero attached hydrogens (tertiary/aromatic N) is 4. The van der Waals surface area contributed by atoms with E-state index in [-0.39, 0.29) is 11.9 Å². The Morgan fingerprint density at radius 3 is 3.00 bits per heavy atom. The highest BCUT2D eigenvalue weighted by Crippen LogP contribution is 2.32. The molecule has 3 rings (SSSR count). The SMILES string of the molecule is Cc1nnnn1-c1cccc(NC(=O)CC(N)C2CC2)c1. The minimum atomic E-state index is -0.0556. The van der Waals surface area contributed by atoms with Crippen molar-refractivity contribution in [3.8, 4) is 5.69 Å². The zero-order valence-electron chi connectivity index (χ0n) is 11.9. The first-order valence-electron chi connectivity index (χ1n) is 7.04. The molecule has 0 bridgehead atoms. The van der Waals surface area contributed by atoms with Crippen LogP contribution >= 0.6 is 0 Å². The summed E-state index contributed by atoms with van der Waals surface area (Å²) in [6.45, 7) is 1.82. The Kier molecular flexibility index (Phi) is 3.66. The van der Waals surface area contributed by atoms with Crippen LogP contribution < -0.4 is 11.1 Å². The summed E-state index contributed by atoms with van der Waals surface area (Å²) in [5.74, 6) is 1.15. The van der Waals surface area contributed by atoms with Crippen LogP contribution in [-0.2, 0) is 4.79 Å². The molecule has 7 nitrogen and oxygen atoms in total. The minimum Gasteiger partial charge on any atom is -0.327 e. The molecule has 1 unspecified atom stereocenters. The Bertz CT molecular complexity index is 648. The molecule has 0 spiro atoms. The van der Waals surface area contributed by atoms with Gasteiger partial charge in [-0.15, -0.1) is 5.10 Å². The molecule has 1 atom stereocenters. The lowest BCUT2D eigenvalue weighted by Gasteiger charge is -2.11. The maximum atomic E-state index is 12.0. The van der Waals surface area contributed by atoms with Gasteiger partial charge in [0.25, 0.3) is 0 Å². The van der Waals surface area contributed by atoms with Gasteiger partial charge in [0, 0.05) is 18.2 Å². The zero-order chi connectivity index (χ0) is 14.8. The Hall–Kier alpha value is -2.28. The molecule has 1 aliphatic carbocycles. The number of aryl methyl sites for hydroxylation is 1. The van der Waals surface area contributed by atoms with E-state index < -0.39 is 0 Å². The molecule has 110 valence electrons. The van der Waals surface area contributed by atoms with Gasteiger partial charge in [-0.2, -0.15) is 4.68 Å². The van der Waals surface area contributed by atoms with E-state index in [0.29, 0.717) is 18.2 Å². The largest absolute Gasteiger partial charge is 0.327 e. The fourth-order valence-electron chi connectivity index (χ4n) is 2.30. The average molecular weight is 286 g/mol. The van der Waals surface area contributed by atoms with Crippen molar-refractivity contribution >= 4 is 11.6 Å². The number of hydrogen-bond donors (Lipinski definition) is 2. The number of carbonyl (C=O) groups is 1. The monoisotopic (exact) mass is 286 g/mol. The van der Waals surface area contributed by atoms with Gasteiger partial charge in [0.2, 0.25) is 5.91 Å². The quantitative estimate of drug-likeness (QED) is 0.855. The summed E-state index contributed by atoms with van der Waals surface area (Å²) >= 11 is 0. The van der Waals surface area contributed by atoms with Gasteiger partial charge in [0.15, 0.2) is 5.82 Å². The van der Waals surface area contributed by atoms with Gasteiger partial charge in [-0.1, -0.05) is 6.07 Å². The first-order valence-corrected chi connectivity index (χ1v) is 7.04. The first kappa shape index (κ1) is 13.7. The van der Waals surface area contributed by atoms with Crippen molar-refractivity contribution in [1.82, 2.24) is 20.2 Å². The van der Waals surface area contributed by atoms with Crippen LogP contribution in [0.25, 0.3) is 5.69 Å². The van der Waals surface area contributed by atoms with Crippen LogP contribution in [0.3, 0.4) is 0 Å². The molecule has 1 aliphatic rings. The number of aromatic nitrogens is 4. The van der Waals surface area contributed by atoms with Crippen molar-refractivity contribution < 1.29 is 4.79 Å². The Balaban J connectivity index is 1.68. The summed E-state index contributed by atoms with van der Waals surface area (Å²) in [6.07, 6.45) is 2.64. The molecule has 0 saturated heterocycles. The number of benzene rings is 1. The highest BCUT2D eigenvalue weighted by atomic mass is 16.1. The highest BCUT2D eigenvalue weighted by Gasteiger charge is 2.29. The second-order valence-electron chi connectivity index (χ2n) is 5.44. The molecular weight excluding hydrogens is 268 g/mol. The molecule has 1 aromatic carbocycles. The fraction of sp³-hybridized carbons (Fsp3) is 0.429. The van der Waals surface area contributed by atoms with Gasteiger partial charge in [-0.25, -0.2) is 0 Å². The molecule has 7 heteroatoms. The molecule has 0 radical (unpaired) electrons. The van der Waals surface area contributed by atoms with E-state index in [4.69, 9.17) is 5.73 Å². The Morgan fingerprint density at radius 2 is 2.33 bits per heavy atom. The number of rotatable bonds is 5. The van der Waals surface area contributed by atoms with Crippen molar-refractivity contribution in [2.75, 3.05) is 5.32 Å². The molecule has 3 N–H and O–H groups in total. The van der Waals surface area contributed by atoms with Crippen LogP contribution in [0, 0.1) is 12.8 Å². The zero-order valence-corrected chi connectivity index (χ0v) is 11.9. The summed E-state index contributed by atoms with van der Waals surface area (Å²) in [5.41, 5.74) is 7.49.